The van der Waals surface area contributed by atoms with Crippen LogP contribution in [0.2, 0.25) is 0 Å². The fourth-order valence-electron chi connectivity index (χ4n) is 2.43. The molecule has 2 aromatic carbocycles. The topological polar surface area (TPSA) is 57.1 Å². The lowest BCUT2D eigenvalue weighted by atomic mass is 10.1. The van der Waals surface area contributed by atoms with E-state index in [0.29, 0.717) is 19.7 Å². The second-order valence-electron chi connectivity index (χ2n) is 5.86. The van der Waals surface area contributed by atoms with Gasteiger partial charge in [0.15, 0.2) is 17.5 Å². The van der Waals surface area contributed by atoms with Gasteiger partial charge in [-0.05, 0) is 43.2 Å². The smallest absolute Gasteiger partial charge is 0.193 e. The Bertz CT molecular complexity index is 728. The minimum absolute atomic E-state index is 0. The van der Waals surface area contributed by atoms with Crippen LogP contribution in [0, 0.1) is 5.82 Å². The van der Waals surface area contributed by atoms with Gasteiger partial charge in [0.2, 0.25) is 0 Å². The van der Waals surface area contributed by atoms with Gasteiger partial charge in [-0.1, -0.05) is 24.3 Å². The van der Waals surface area contributed by atoms with Crippen LogP contribution >= 0.6 is 24.0 Å². The fourth-order valence-corrected chi connectivity index (χ4v) is 2.43. The molecule has 0 saturated heterocycles. The van der Waals surface area contributed by atoms with Crippen LogP contribution in [0.5, 0.6) is 11.5 Å². The van der Waals surface area contributed by atoms with Crippen LogP contribution in [-0.2, 0) is 6.42 Å². The van der Waals surface area contributed by atoms with Crippen molar-refractivity contribution in [1.82, 2.24) is 10.2 Å². The van der Waals surface area contributed by atoms with Crippen molar-refractivity contribution in [2.45, 2.75) is 13.3 Å². The van der Waals surface area contributed by atoms with E-state index in [9.17, 15) is 9.50 Å². The summed E-state index contributed by atoms with van der Waals surface area (Å²) in [5.41, 5.74) is 1.04. The first-order valence-electron chi connectivity index (χ1n) is 8.75. The van der Waals surface area contributed by atoms with Gasteiger partial charge in [0, 0.05) is 20.1 Å². The molecule has 0 fully saturated rings. The SMILES string of the molecule is CCNC(=NCCc1cccc(O)c1)N(C)CCOc1ccccc1F.I. The van der Waals surface area contributed by atoms with Crippen LogP contribution in [0.4, 0.5) is 4.39 Å². The number of rotatable bonds is 8. The molecule has 0 aliphatic heterocycles. The first-order chi connectivity index (χ1) is 12.6. The van der Waals surface area contributed by atoms with Gasteiger partial charge in [-0.15, -0.1) is 24.0 Å². The molecule has 2 rings (SSSR count). The number of phenols is 1. The van der Waals surface area contributed by atoms with Crippen molar-refractivity contribution < 1.29 is 14.2 Å². The van der Waals surface area contributed by atoms with Crippen molar-refractivity contribution in [1.29, 1.82) is 0 Å². The zero-order valence-electron chi connectivity index (χ0n) is 15.7. The summed E-state index contributed by atoms with van der Waals surface area (Å²) in [6, 6.07) is 13.6. The standard InChI is InChI=1S/C20H26FN3O2.HI/c1-3-22-20(23-12-11-16-7-6-8-17(25)15-16)24(2)13-14-26-19-10-5-4-9-18(19)21;/h4-10,15,25H,3,11-14H2,1-2H3,(H,22,23);1H. The van der Waals surface area contributed by atoms with Crippen molar-refractivity contribution >= 4 is 29.9 Å². The van der Waals surface area contributed by atoms with E-state index in [1.165, 1.54) is 6.07 Å². The molecule has 0 atom stereocenters. The van der Waals surface area contributed by atoms with Gasteiger partial charge < -0.3 is 20.1 Å². The lowest BCUT2D eigenvalue weighted by molar-refractivity contribution is 0.270. The van der Waals surface area contributed by atoms with Gasteiger partial charge in [-0.2, -0.15) is 0 Å². The zero-order valence-corrected chi connectivity index (χ0v) is 18.0. The Kier molecular flexibility index (Phi) is 10.5. The van der Waals surface area contributed by atoms with Crippen LogP contribution in [0.3, 0.4) is 0 Å². The summed E-state index contributed by atoms with van der Waals surface area (Å²) in [4.78, 5) is 6.55. The van der Waals surface area contributed by atoms with Crippen molar-refractivity contribution in [3.05, 3.63) is 59.9 Å². The Hall–Kier alpha value is -2.03. The largest absolute Gasteiger partial charge is 0.508 e. The minimum atomic E-state index is -0.359. The van der Waals surface area contributed by atoms with Gasteiger partial charge in [-0.25, -0.2) is 4.39 Å². The molecule has 0 heterocycles. The van der Waals surface area contributed by atoms with E-state index in [-0.39, 0.29) is 41.3 Å². The van der Waals surface area contributed by atoms with E-state index in [1.54, 1.807) is 30.3 Å². The number of benzene rings is 2. The van der Waals surface area contributed by atoms with Crippen LogP contribution in [-0.4, -0.2) is 49.3 Å². The number of guanidine groups is 1. The molecule has 5 nitrogen and oxygen atoms in total. The molecule has 148 valence electrons. The molecular formula is C20H27FIN3O2. The molecule has 0 unspecified atom stereocenters. The van der Waals surface area contributed by atoms with Crippen LogP contribution < -0.4 is 10.1 Å². The number of aromatic hydroxyl groups is 1. The number of nitrogens with zero attached hydrogens (tertiary/aromatic N) is 2. The number of hydrogen-bond acceptors (Lipinski definition) is 3. The lowest BCUT2D eigenvalue weighted by Crippen LogP contribution is -2.41. The fraction of sp³-hybridized carbons (Fsp3) is 0.350. The third-order valence-electron chi connectivity index (χ3n) is 3.79. The highest BCUT2D eigenvalue weighted by molar-refractivity contribution is 14.0. The summed E-state index contributed by atoms with van der Waals surface area (Å²) >= 11 is 0. The lowest BCUT2D eigenvalue weighted by Gasteiger charge is -2.22. The van der Waals surface area contributed by atoms with Gasteiger partial charge in [-0.3, -0.25) is 4.99 Å². The van der Waals surface area contributed by atoms with E-state index in [1.807, 2.05) is 31.0 Å². The van der Waals surface area contributed by atoms with Crippen molar-refractivity contribution in [2.75, 3.05) is 33.3 Å². The Labute approximate surface area is 177 Å². The molecule has 7 heteroatoms. The van der Waals surface area contributed by atoms with Crippen LogP contribution in [0.25, 0.3) is 0 Å². The van der Waals surface area contributed by atoms with E-state index >= 15 is 0 Å². The molecule has 0 radical (unpaired) electrons. The average molecular weight is 487 g/mol. The molecule has 0 aliphatic carbocycles. The number of aliphatic imine (C=N–C) groups is 1. The van der Waals surface area contributed by atoms with Crippen molar-refractivity contribution in [3.8, 4) is 11.5 Å². The molecule has 0 aliphatic rings. The maximum Gasteiger partial charge on any atom is 0.193 e. The maximum absolute atomic E-state index is 13.6. The number of likely N-dealkylation sites (N-methyl/N-ethyl adjacent to an activating group) is 1. The molecule has 27 heavy (non-hydrogen) atoms. The van der Waals surface area contributed by atoms with E-state index < -0.39 is 0 Å². The predicted octanol–water partition coefficient (Wildman–Crippen LogP) is 3.67. The van der Waals surface area contributed by atoms with Gasteiger partial charge >= 0.3 is 0 Å². The van der Waals surface area contributed by atoms with Crippen molar-refractivity contribution in [3.63, 3.8) is 0 Å². The quantitative estimate of drug-likeness (QED) is 0.339. The number of para-hydroxylation sites is 1. The van der Waals surface area contributed by atoms with Gasteiger partial charge in [0.05, 0.1) is 6.54 Å². The molecule has 0 spiro atoms. The molecule has 2 N–H and O–H groups in total. The van der Waals surface area contributed by atoms with E-state index in [0.717, 1.165) is 24.5 Å². The number of hydrogen-bond donors (Lipinski definition) is 2. The number of phenolic OH excluding ortho intramolecular Hbond substituents is 1. The summed E-state index contributed by atoms with van der Waals surface area (Å²) in [5.74, 6) is 0.930. The Morgan fingerprint density at radius 1 is 1.22 bits per heavy atom. The first-order valence-corrected chi connectivity index (χ1v) is 8.75. The average Bonchev–Trinajstić information content (AvgIpc) is 2.62. The van der Waals surface area contributed by atoms with Crippen LogP contribution in [0.1, 0.15) is 12.5 Å². The van der Waals surface area contributed by atoms with Crippen LogP contribution in [0.15, 0.2) is 53.5 Å². The Morgan fingerprint density at radius 2 is 2.00 bits per heavy atom. The minimum Gasteiger partial charge on any atom is -0.508 e. The predicted molar refractivity (Wildman–Crippen MR) is 118 cm³/mol. The molecule has 2 aromatic rings. The normalized spacial score (nSPS) is 10.9. The highest BCUT2D eigenvalue weighted by Crippen LogP contribution is 2.15. The highest BCUT2D eigenvalue weighted by Gasteiger charge is 2.07. The second kappa shape index (κ2) is 12.4. The molecule has 0 bridgehead atoms. The third-order valence-corrected chi connectivity index (χ3v) is 3.79. The molecule has 0 aromatic heterocycles. The van der Waals surface area contributed by atoms with E-state index in [2.05, 4.69) is 10.3 Å². The summed E-state index contributed by atoms with van der Waals surface area (Å²) in [5, 5.41) is 12.7. The van der Waals surface area contributed by atoms with Gasteiger partial charge in [0.1, 0.15) is 12.4 Å². The third kappa shape index (κ3) is 8.03. The molecular weight excluding hydrogens is 460 g/mol. The van der Waals surface area contributed by atoms with Crippen molar-refractivity contribution in [2.24, 2.45) is 4.99 Å². The summed E-state index contributed by atoms with van der Waals surface area (Å²) < 4.78 is 19.1. The van der Waals surface area contributed by atoms with Gasteiger partial charge in [0.25, 0.3) is 0 Å². The highest BCUT2D eigenvalue weighted by atomic mass is 127. The summed E-state index contributed by atoms with van der Waals surface area (Å²) in [6.45, 7) is 4.29. The summed E-state index contributed by atoms with van der Waals surface area (Å²) in [6.07, 6.45) is 0.739. The Morgan fingerprint density at radius 3 is 2.70 bits per heavy atom. The zero-order chi connectivity index (χ0) is 18.8. The molecule has 0 saturated carbocycles. The second-order valence-corrected chi connectivity index (χ2v) is 5.86. The Balaban J connectivity index is 0.00000364. The van der Waals surface area contributed by atoms with E-state index in [4.69, 9.17) is 4.74 Å². The molecule has 0 amide bonds. The monoisotopic (exact) mass is 487 g/mol. The number of halogens is 2. The first kappa shape index (κ1) is 23.0. The maximum atomic E-state index is 13.6. The summed E-state index contributed by atoms with van der Waals surface area (Å²) in [7, 11) is 1.92. The number of nitrogens with one attached hydrogen (secondary N) is 1. The number of ether oxygens (including phenoxy) is 1.